The Morgan fingerprint density at radius 3 is 2.47 bits per heavy atom. The summed E-state index contributed by atoms with van der Waals surface area (Å²) in [5.74, 6) is 0.887. The highest BCUT2D eigenvalue weighted by Crippen LogP contribution is 2.11. The van der Waals surface area contributed by atoms with Crippen molar-refractivity contribution in [1.82, 2.24) is 15.6 Å². The first-order valence-corrected chi connectivity index (χ1v) is 6.51. The van der Waals surface area contributed by atoms with Crippen LogP contribution in [0.3, 0.4) is 0 Å². The molecule has 1 aromatic rings. The minimum atomic E-state index is 0. The first-order valence-electron chi connectivity index (χ1n) is 5.69. The van der Waals surface area contributed by atoms with Gasteiger partial charge in [0, 0.05) is 37.1 Å². The summed E-state index contributed by atoms with van der Waals surface area (Å²) in [5, 5.41) is 7.55. The van der Waals surface area contributed by atoms with E-state index >= 15 is 0 Å². The normalized spacial score (nSPS) is 9.35. The van der Waals surface area contributed by atoms with Crippen LogP contribution in [-0.2, 0) is 6.42 Å². The van der Waals surface area contributed by atoms with Gasteiger partial charge in [0.1, 0.15) is 0 Å². The number of aryl methyl sites for hydroxylation is 1. The Hall–Kier alpha value is -0.370. The lowest BCUT2D eigenvalue weighted by molar-refractivity contribution is 0.832. The zero-order chi connectivity index (χ0) is 11.8. The standard InChI is InChI=1S/C11H20N4S.HI/c1-4-12-11(13-5-2)14-7-6-10-15-8-9(3)16-10;/h8H,4-7H2,1-3H3,(H2,12,13,14);1H. The fourth-order valence-corrected chi connectivity index (χ4v) is 2.07. The largest absolute Gasteiger partial charge is 0.357 e. The first-order chi connectivity index (χ1) is 7.76. The number of halogens is 1. The van der Waals surface area contributed by atoms with Crippen molar-refractivity contribution in [2.45, 2.75) is 27.2 Å². The van der Waals surface area contributed by atoms with Crippen LogP contribution in [0.25, 0.3) is 0 Å². The lowest BCUT2D eigenvalue weighted by atomic mass is 10.4. The summed E-state index contributed by atoms with van der Waals surface area (Å²) < 4.78 is 0. The lowest BCUT2D eigenvalue weighted by Gasteiger charge is -2.08. The summed E-state index contributed by atoms with van der Waals surface area (Å²) in [6.07, 6.45) is 2.83. The van der Waals surface area contributed by atoms with Crippen molar-refractivity contribution < 1.29 is 0 Å². The van der Waals surface area contributed by atoms with E-state index in [1.807, 2.05) is 6.20 Å². The van der Waals surface area contributed by atoms with E-state index in [2.05, 4.69) is 41.4 Å². The number of hydrogen-bond donors (Lipinski definition) is 2. The SMILES string of the molecule is CCNC(=NCCc1ncc(C)s1)NCC.I. The zero-order valence-electron chi connectivity index (χ0n) is 10.6. The summed E-state index contributed by atoms with van der Waals surface area (Å²) >= 11 is 1.74. The van der Waals surface area contributed by atoms with E-state index < -0.39 is 0 Å². The maximum absolute atomic E-state index is 4.47. The van der Waals surface area contributed by atoms with Crippen molar-refractivity contribution in [3.63, 3.8) is 0 Å². The molecule has 98 valence electrons. The third-order valence-corrected chi connectivity index (χ3v) is 2.93. The molecule has 0 saturated heterocycles. The maximum Gasteiger partial charge on any atom is 0.191 e. The molecule has 0 spiro atoms. The van der Waals surface area contributed by atoms with Crippen LogP contribution in [-0.4, -0.2) is 30.6 Å². The number of nitrogens with one attached hydrogen (secondary N) is 2. The van der Waals surface area contributed by atoms with Crippen molar-refractivity contribution >= 4 is 41.3 Å². The van der Waals surface area contributed by atoms with Crippen molar-refractivity contribution in [2.24, 2.45) is 4.99 Å². The van der Waals surface area contributed by atoms with Gasteiger partial charge >= 0.3 is 0 Å². The second-order valence-corrected chi connectivity index (χ2v) is 4.72. The summed E-state index contributed by atoms with van der Waals surface area (Å²) in [4.78, 5) is 10.0. The van der Waals surface area contributed by atoms with Gasteiger partial charge in [-0.1, -0.05) is 0 Å². The molecule has 1 heterocycles. The highest BCUT2D eigenvalue weighted by atomic mass is 127. The minimum Gasteiger partial charge on any atom is -0.357 e. The molecule has 0 aromatic carbocycles. The molecule has 0 bridgehead atoms. The molecule has 4 nitrogen and oxygen atoms in total. The molecule has 1 rings (SSSR count). The fourth-order valence-electron chi connectivity index (χ4n) is 1.29. The lowest BCUT2D eigenvalue weighted by Crippen LogP contribution is -2.37. The molecule has 0 fully saturated rings. The van der Waals surface area contributed by atoms with Crippen LogP contribution in [0.1, 0.15) is 23.7 Å². The van der Waals surface area contributed by atoms with Gasteiger partial charge in [-0.15, -0.1) is 35.3 Å². The Balaban J connectivity index is 0.00000256. The quantitative estimate of drug-likeness (QED) is 0.476. The molecule has 0 radical (unpaired) electrons. The molecule has 0 saturated carbocycles. The summed E-state index contributed by atoms with van der Waals surface area (Å²) in [7, 11) is 0. The van der Waals surface area contributed by atoms with Gasteiger partial charge in [0.05, 0.1) is 5.01 Å². The monoisotopic (exact) mass is 368 g/mol. The smallest absolute Gasteiger partial charge is 0.191 e. The Morgan fingerprint density at radius 2 is 2.00 bits per heavy atom. The predicted octanol–water partition coefficient (Wildman–Crippen LogP) is 2.19. The summed E-state index contributed by atoms with van der Waals surface area (Å²) in [5.41, 5.74) is 0. The number of aliphatic imine (C=N–C) groups is 1. The Morgan fingerprint density at radius 1 is 1.35 bits per heavy atom. The molecule has 1 aromatic heterocycles. The molecular weight excluding hydrogens is 347 g/mol. The molecule has 0 aliphatic heterocycles. The van der Waals surface area contributed by atoms with Gasteiger partial charge in [0.25, 0.3) is 0 Å². The highest BCUT2D eigenvalue weighted by molar-refractivity contribution is 14.0. The van der Waals surface area contributed by atoms with Crippen molar-refractivity contribution in [3.8, 4) is 0 Å². The average molecular weight is 368 g/mol. The number of nitrogens with zero attached hydrogens (tertiary/aromatic N) is 2. The van der Waals surface area contributed by atoms with Crippen LogP contribution in [0.15, 0.2) is 11.2 Å². The van der Waals surface area contributed by atoms with Gasteiger partial charge < -0.3 is 10.6 Å². The maximum atomic E-state index is 4.47. The molecule has 0 unspecified atom stereocenters. The average Bonchev–Trinajstić information content (AvgIpc) is 2.65. The van der Waals surface area contributed by atoms with E-state index in [-0.39, 0.29) is 24.0 Å². The molecule has 0 aliphatic rings. The fraction of sp³-hybridized carbons (Fsp3) is 0.636. The molecule has 6 heteroatoms. The van der Waals surface area contributed by atoms with Gasteiger partial charge in [0.2, 0.25) is 0 Å². The van der Waals surface area contributed by atoms with E-state index in [1.165, 1.54) is 4.88 Å². The van der Waals surface area contributed by atoms with E-state index in [0.717, 1.165) is 37.0 Å². The number of hydrogen-bond acceptors (Lipinski definition) is 3. The Kier molecular flexibility index (Phi) is 9.43. The minimum absolute atomic E-state index is 0. The van der Waals surface area contributed by atoms with E-state index in [1.54, 1.807) is 11.3 Å². The van der Waals surface area contributed by atoms with Gasteiger partial charge in [-0.3, -0.25) is 4.99 Å². The topological polar surface area (TPSA) is 49.3 Å². The Bertz CT molecular complexity index is 330. The first kappa shape index (κ1) is 16.6. The van der Waals surface area contributed by atoms with Crippen LogP contribution in [0.4, 0.5) is 0 Å². The van der Waals surface area contributed by atoms with Crippen molar-refractivity contribution in [2.75, 3.05) is 19.6 Å². The van der Waals surface area contributed by atoms with Crippen LogP contribution in [0.5, 0.6) is 0 Å². The molecular formula is C11H21IN4S. The van der Waals surface area contributed by atoms with E-state index in [0.29, 0.717) is 0 Å². The number of rotatable bonds is 5. The molecule has 2 N–H and O–H groups in total. The number of thiazole rings is 1. The predicted molar refractivity (Wildman–Crippen MR) is 85.6 cm³/mol. The van der Waals surface area contributed by atoms with Gasteiger partial charge in [0.15, 0.2) is 5.96 Å². The second-order valence-electron chi connectivity index (χ2n) is 3.41. The third kappa shape index (κ3) is 6.82. The summed E-state index contributed by atoms with van der Waals surface area (Å²) in [6, 6.07) is 0. The zero-order valence-corrected chi connectivity index (χ0v) is 13.8. The van der Waals surface area contributed by atoms with Crippen LogP contribution in [0.2, 0.25) is 0 Å². The van der Waals surface area contributed by atoms with Gasteiger partial charge in [-0.2, -0.15) is 0 Å². The summed E-state index contributed by atoms with van der Waals surface area (Å²) in [6.45, 7) is 8.77. The van der Waals surface area contributed by atoms with Gasteiger partial charge in [-0.05, 0) is 20.8 Å². The second kappa shape index (κ2) is 9.64. The molecule has 0 atom stereocenters. The molecule has 0 aliphatic carbocycles. The van der Waals surface area contributed by atoms with Crippen LogP contribution >= 0.6 is 35.3 Å². The highest BCUT2D eigenvalue weighted by Gasteiger charge is 1.98. The van der Waals surface area contributed by atoms with Crippen molar-refractivity contribution in [1.29, 1.82) is 0 Å². The molecule has 0 amide bonds. The van der Waals surface area contributed by atoms with E-state index in [4.69, 9.17) is 0 Å². The number of aromatic nitrogens is 1. The Labute approximate surface area is 124 Å². The third-order valence-electron chi connectivity index (χ3n) is 1.95. The van der Waals surface area contributed by atoms with E-state index in [9.17, 15) is 0 Å². The van der Waals surface area contributed by atoms with Crippen molar-refractivity contribution in [3.05, 3.63) is 16.1 Å². The number of guanidine groups is 1. The van der Waals surface area contributed by atoms with Gasteiger partial charge in [-0.25, -0.2) is 4.98 Å². The molecule has 17 heavy (non-hydrogen) atoms. The van der Waals surface area contributed by atoms with Crippen LogP contribution < -0.4 is 10.6 Å². The van der Waals surface area contributed by atoms with Crippen LogP contribution in [0, 0.1) is 6.92 Å².